The molecule has 25 heavy (non-hydrogen) atoms. The number of carboxylic acid groups (broad SMARTS) is 1. The third kappa shape index (κ3) is 3.94. The van der Waals surface area contributed by atoms with E-state index in [-0.39, 0.29) is 6.42 Å². The highest BCUT2D eigenvalue weighted by Gasteiger charge is 2.21. The van der Waals surface area contributed by atoms with Gasteiger partial charge in [0.2, 0.25) is 0 Å². The van der Waals surface area contributed by atoms with Gasteiger partial charge in [0.05, 0.1) is 6.42 Å². The smallest absolute Gasteiger partial charge is 0.307 e. The van der Waals surface area contributed by atoms with Crippen molar-refractivity contribution in [2.75, 3.05) is 7.05 Å². The van der Waals surface area contributed by atoms with Gasteiger partial charge in [-0.15, -0.1) is 11.3 Å². The Labute approximate surface area is 152 Å². The number of ether oxygens (including phenoxy) is 1. The fourth-order valence-corrected chi connectivity index (χ4v) is 4.08. The molecule has 1 unspecified atom stereocenters. The van der Waals surface area contributed by atoms with Crippen LogP contribution < -0.4 is 10.1 Å². The molecule has 0 aliphatic carbocycles. The van der Waals surface area contributed by atoms with Crippen LogP contribution in [0.2, 0.25) is 0 Å². The number of fused-ring (bicyclic) bond motifs is 2. The zero-order valence-corrected chi connectivity index (χ0v) is 15.4. The molecule has 0 saturated heterocycles. The van der Waals surface area contributed by atoms with Gasteiger partial charge < -0.3 is 15.2 Å². The molecule has 0 fully saturated rings. The fraction of sp³-hybridized carbons (Fsp3) is 0.350. The average Bonchev–Trinajstić information content (AvgIpc) is 3.00. The minimum absolute atomic E-state index is 0.0198. The molecule has 4 nitrogen and oxygen atoms in total. The van der Waals surface area contributed by atoms with Crippen LogP contribution >= 0.6 is 11.3 Å². The Hall–Kier alpha value is -2.11. The zero-order chi connectivity index (χ0) is 17.8. The van der Waals surface area contributed by atoms with Crippen molar-refractivity contribution in [1.82, 2.24) is 5.32 Å². The first-order valence-electron chi connectivity index (χ1n) is 8.54. The van der Waals surface area contributed by atoms with E-state index >= 15 is 0 Å². The molecule has 5 heteroatoms. The molecule has 1 aliphatic rings. The Morgan fingerprint density at radius 3 is 3.00 bits per heavy atom. The quantitative estimate of drug-likeness (QED) is 0.818. The van der Waals surface area contributed by atoms with Crippen molar-refractivity contribution in [1.29, 1.82) is 0 Å². The van der Waals surface area contributed by atoms with E-state index in [1.807, 2.05) is 25.2 Å². The lowest BCUT2D eigenvalue weighted by molar-refractivity contribution is -0.136. The molecular weight excluding hydrogens is 334 g/mol. The first-order chi connectivity index (χ1) is 12.1. The lowest BCUT2D eigenvalue weighted by atomic mass is 9.96. The van der Waals surface area contributed by atoms with Gasteiger partial charge in [0.25, 0.3) is 0 Å². The third-order valence-corrected chi connectivity index (χ3v) is 5.56. The lowest BCUT2D eigenvalue weighted by Crippen LogP contribution is -2.23. The normalized spacial score (nSPS) is 15.8. The second-order valence-corrected chi connectivity index (χ2v) is 7.13. The summed E-state index contributed by atoms with van der Waals surface area (Å²) in [5.74, 6) is -0.000595. The molecule has 2 heterocycles. The molecule has 1 aliphatic heterocycles. The molecule has 0 bridgehead atoms. The molecular formula is C20H23NO3S. The van der Waals surface area contributed by atoms with Crippen LogP contribution in [0.15, 0.2) is 35.7 Å². The molecule has 0 saturated carbocycles. The number of aliphatic carboxylic acids is 1. The third-order valence-electron chi connectivity index (χ3n) is 4.57. The summed E-state index contributed by atoms with van der Waals surface area (Å²) >= 11 is 1.71. The monoisotopic (exact) mass is 357 g/mol. The van der Waals surface area contributed by atoms with Gasteiger partial charge in [0.1, 0.15) is 12.4 Å². The van der Waals surface area contributed by atoms with Crippen LogP contribution in [-0.4, -0.2) is 24.2 Å². The van der Waals surface area contributed by atoms with Gasteiger partial charge in [-0.3, -0.25) is 4.79 Å². The molecule has 2 N–H and O–H groups in total. The predicted octanol–water partition coefficient (Wildman–Crippen LogP) is 4.09. The summed E-state index contributed by atoms with van der Waals surface area (Å²) in [6, 6.07) is 8.23. The molecule has 1 atom stereocenters. The van der Waals surface area contributed by atoms with Crippen LogP contribution in [0.1, 0.15) is 41.3 Å². The van der Waals surface area contributed by atoms with Crippen LogP contribution in [0, 0.1) is 0 Å². The van der Waals surface area contributed by atoms with E-state index in [9.17, 15) is 4.79 Å². The Morgan fingerprint density at radius 2 is 2.28 bits per heavy atom. The minimum Gasteiger partial charge on any atom is -0.488 e. The highest BCUT2D eigenvalue weighted by molar-refractivity contribution is 7.11. The van der Waals surface area contributed by atoms with Crippen molar-refractivity contribution in [2.45, 2.75) is 38.8 Å². The number of benzene rings is 1. The number of hydrogen-bond acceptors (Lipinski definition) is 4. The van der Waals surface area contributed by atoms with E-state index in [2.05, 4.69) is 29.8 Å². The maximum Gasteiger partial charge on any atom is 0.307 e. The van der Waals surface area contributed by atoms with E-state index < -0.39 is 5.97 Å². The maximum absolute atomic E-state index is 11.1. The Morgan fingerprint density at radius 1 is 1.44 bits per heavy atom. The molecule has 2 aromatic rings. The molecule has 1 aromatic carbocycles. The summed E-state index contributed by atoms with van der Waals surface area (Å²) in [6.07, 6.45) is 4.26. The Bertz CT molecular complexity index is 790. The van der Waals surface area contributed by atoms with Crippen molar-refractivity contribution >= 4 is 22.9 Å². The van der Waals surface area contributed by atoms with E-state index in [1.165, 1.54) is 10.4 Å². The maximum atomic E-state index is 11.1. The van der Waals surface area contributed by atoms with Crippen molar-refractivity contribution in [2.24, 2.45) is 0 Å². The van der Waals surface area contributed by atoms with Gasteiger partial charge in [-0.05, 0) is 54.6 Å². The largest absolute Gasteiger partial charge is 0.488 e. The second kappa shape index (κ2) is 7.85. The van der Waals surface area contributed by atoms with Crippen LogP contribution in [0.4, 0.5) is 0 Å². The highest BCUT2D eigenvalue weighted by Crippen LogP contribution is 2.40. The van der Waals surface area contributed by atoms with Gasteiger partial charge >= 0.3 is 5.97 Å². The average molecular weight is 357 g/mol. The van der Waals surface area contributed by atoms with Crippen LogP contribution in [-0.2, 0) is 17.8 Å². The highest BCUT2D eigenvalue weighted by atomic mass is 32.1. The van der Waals surface area contributed by atoms with Gasteiger partial charge in [-0.25, -0.2) is 0 Å². The van der Waals surface area contributed by atoms with Crippen molar-refractivity contribution < 1.29 is 14.6 Å². The minimum atomic E-state index is -0.821. The number of carbonyl (C=O) groups is 1. The van der Waals surface area contributed by atoms with Gasteiger partial charge in [-0.1, -0.05) is 19.1 Å². The SMILES string of the molecule is CCC(C/C=C1/c2cc(CC(=O)O)ccc2OCc2ccsc21)NC. The summed E-state index contributed by atoms with van der Waals surface area (Å²) < 4.78 is 5.99. The number of rotatable bonds is 6. The topological polar surface area (TPSA) is 58.6 Å². The summed E-state index contributed by atoms with van der Waals surface area (Å²) in [7, 11) is 1.98. The second-order valence-electron chi connectivity index (χ2n) is 6.21. The number of thiophene rings is 1. The predicted molar refractivity (Wildman–Crippen MR) is 101 cm³/mol. The van der Waals surface area contributed by atoms with E-state index in [0.29, 0.717) is 12.6 Å². The molecule has 3 rings (SSSR count). The van der Waals surface area contributed by atoms with E-state index in [1.54, 1.807) is 11.3 Å². The Balaban J connectivity index is 2.06. The zero-order valence-electron chi connectivity index (χ0n) is 14.5. The number of hydrogen-bond donors (Lipinski definition) is 2. The van der Waals surface area contributed by atoms with Gasteiger partial charge in [-0.2, -0.15) is 0 Å². The van der Waals surface area contributed by atoms with Crippen LogP contribution in [0.25, 0.3) is 5.57 Å². The summed E-state index contributed by atoms with van der Waals surface area (Å²) in [4.78, 5) is 12.3. The molecule has 132 valence electrons. The molecule has 0 spiro atoms. The summed E-state index contributed by atoms with van der Waals surface area (Å²) in [5.41, 5.74) is 4.12. The van der Waals surface area contributed by atoms with Crippen molar-refractivity contribution in [3.05, 3.63) is 57.3 Å². The van der Waals surface area contributed by atoms with E-state index in [0.717, 1.165) is 35.3 Å². The van der Waals surface area contributed by atoms with Crippen LogP contribution in [0.5, 0.6) is 5.75 Å². The first-order valence-corrected chi connectivity index (χ1v) is 9.42. The van der Waals surface area contributed by atoms with Crippen molar-refractivity contribution in [3.8, 4) is 5.75 Å². The summed E-state index contributed by atoms with van der Waals surface area (Å²) in [5, 5.41) is 14.5. The fourth-order valence-electron chi connectivity index (χ4n) is 3.11. The van der Waals surface area contributed by atoms with E-state index in [4.69, 9.17) is 9.84 Å². The molecule has 0 amide bonds. The molecule has 0 radical (unpaired) electrons. The lowest BCUT2D eigenvalue weighted by Gasteiger charge is -2.14. The Kier molecular flexibility index (Phi) is 5.56. The first kappa shape index (κ1) is 17.7. The number of carboxylic acids is 1. The molecule has 1 aromatic heterocycles. The number of nitrogens with one attached hydrogen (secondary N) is 1. The van der Waals surface area contributed by atoms with Crippen molar-refractivity contribution in [3.63, 3.8) is 0 Å². The summed E-state index contributed by atoms with van der Waals surface area (Å²) in [6.45, 7) is 2.72. The van der Waals surface area contributed by atoms with Gasteiger partial charge in [0.15, 0.2) is 0 Å². The van der Waals surface area contributed by atoms with Gasteiger partial charge in [0, 0.05) is 22.0 Å². The van der Waals surface area contributed by atoms with Crippen LogP contribution in [0.3, 0.4) is 0 Å². The standard InChI is InChI=1S/C20H23NO3S/c1-3-15(21-2)5-6-16-17-10-13(11-19(22)23)4-7-18(17)24-12-14-8-9-25-20(14)16/h4,6-10,15,21H,3,5,11-12H2,1-2H3,(H,22,23)/b16-6-.